The van der Waals surface area contributed by atoms with Crippen molar-refractivity contribution < 1.29 is 93.4 Å². The lowest BCUT2D eigenvalue weighted by Gasteiger charge is -2.39. The molecule has 3 aliphatic rings. The number of phenolic OH excluding ortho intramolecular Hbond substituents is 2. The summed E-state index contributed by atoms with van der Waals surface area (Å²) in [6.07, 6.45) is -18.4. The smallest absolute Gasteiger partial charge is 0.239 e. The Kier molecular flexibility index (Phi) is 11.3. The van der Waals surface area contributed by atoms with Crippen LogP contribution in [0.4, 0.5) is 0 Å². The van der Waals surface area contributed by atoms with Crippen molar-refractivity contribution in [3.63, 3.8) is 0 Å². The van der Waals surface area contributed by atoms with Crippen LogP contribution in [-0.2, 0) is 23.7 Å². The third-order valence-corrected chi connectivity index (χ3v) is 9.26. The van der Waals surface area contributed by atoms with Gasteiger partial charge < -0.3 is 93.4 Å². The minimum absolute atomic E-state index is 0.0208. The number of hydrogen-bond donors (Lipinski definition) is 10. The van der Waals surface area contributed by atoms with E-state index in [1.54, 1.807) is 0 Å². The molecule has 0 radical (unpaired) electrons. The molecule has 0 saturated carbocycles. The van der Waals surface area contributed by atoms with Gasteiger partial charge in [0.05, 0.1) is 40.6 Å². The fourth-order valence-electron chi connectivity index (χ4n) is 6.15. The fourth-order valence-corrected chi connectivity index (χ4v) is 6.15. The number of aliphatic hydroxyl groups excluding tert-OH is 7. The van der Waals surface area contributed by atoms with E-state index in [-0.39, 0.29) is 39.5 Å². The Morgan fingerprint density at radius 1 is 0.849 bits per heavy atom. The van der Waals surface area contributed by atoms with E-state index < -0.39 is 117 Å². The first kappa shape index (κ1) is 38.8. The molecule has 1 aromatic heterocycles. The van der Waals surface area contributed by atoms with Crippen LogP contribution in [0.2, 0.25) is 0 Å². The first-order valence-corrected chi connectivity index (χ1v) is 16.2. The molecular formula is C33H40O20. The summed E-state index contributed by atoms with van der Waals surface area (Å²) in [5, 5.41) is 103. The average molecular weight is 757 g/mol. The number of benzene rings is 2. The summed E-state index contributed by atoms with van der Waals surface area (Å²) in [4.78, 5) is 14.1. The average Bonchev–Trinajstić information content (AvgIpc) is 3.60. The van der Waals surface area contributed by atoms with Gasteiger partial charge in [0, 0.05) is 17.7 Å². The minimum Gasteiger partial charge on any atom is -0.507 e. The first-order valence-electron chi connectivity index (χ1n) is 16.2. The number of hydrogen-bond acceptors (Lipinski definition) is 20. The second-order valence-electron chi connectivity index (χ2n) is 12.7. The maximum absolute atomic E-state index is 14.1. The molecule has 20 nitrogen and oxygen atoms in total. The topological polar surface area (TPSA) is 306 Å². The normalized spacial score (nSPS) is 34.4. The second kappa shape index (κ2) is 15.5. The molecule has 20 heteroatoms. The zero-order valence-electron chi connectivity index (χ0n) is 28.1. The van der Waals surface area contributed by atoms with Crippen molar-refractivity contribution in [2.45, 2.75) is 73.3 Å². The van der Waals surface area contributed by atoms with E-state index in [0.29, 0.717) is 0 Å². The molecule has 3 aliphatic heterocycles. The number of fused-ring (bicyclic) bond motifs is 1. The van der Waals surface area contributed by atoms with Gasteiger partial charge in [0.25, 0.3) is 0 Å². The quantitative estimate of drug-likeness (QED) is 0.0880. The summed E-state index contributed by atoms with van der Waals surface area (Å²) >= 11 is 0. The van der Waals surface area contributed by atoms with Gasteiger partial charge in [0.1, 0.15) is 70.8 Å². The van der Waals surface area contributed by atoms with E-state index in [1.165, 1.54) is 38.5 Å². The highest BCUT2D eigenvalue weighted by atomic mass is 16.8. The molecule has 3 aromatic rings. The standard InChI is InChI=1S/C33H40O20/c1-45-13-6-15(37)20-17(7-13)49-26(12-3-4-14(36)16(5-12)46-2)27(23(20)40)52-31-28(53-32-29(43)33(44,10-35)11-48-32)22(39)19(51-31)9-47-30-25(42)24(41)21(38)18(8-34)50-30/h3-7,18-19,21-22,24-25,28-32,34-39,41-44H,8-11H2,1-2H3/t18-,19+,21+,22-,24+,25-,28+,29-,30-,31-,32+,33+/m1/s1. The van der Waals surface area contributed by atoms with Crippen LogP contribution in [0, 0.1) is 0 Å². The highest BCUT2D eigenvalue weighted by Gasteiger charge is 2.54. The monoisotopic (exact) mass is 756 g/mol. The van der Waals surface area contributed by atoms with Crippen molar-refractivity contribution in [3.05, 3.63) is 40.6 Å². The Bertz CT molecular complexity index is 1820. The van der Waals surface area contributed by atoms with Crippen LogP contribution in [-0.4, -0.2) is 165 Å². The molecule has 0 aliphatic carbocycles. The fraction of sp³-hybridized carbons (Fsp3) is 0.545. The van der Waals surface area contributed by atoms with Gasteiger partial charge in [0.2, 0.25) is 17.5 Å². The Morgan fingerprint density at radius 3 is 2.25 bits per heavy atom. The van der Waals surface area contributed by atoms with Gasteiger partial charge in [-0.2, -0.15) is 0 Å². The van der Waals surface area contributed by atoms with Gasteiger partial charge in [-0.05, 0) is 18.2 Å². The van der Waals surface area contributed by atoms with Crippen LogP contribution in [0.25, 0.3) is 22.3 Å². The molecule has 6 rings (SSSR count). The molecule has 4 heterocycles. The van der Waals surface area contributed by atoms with E-state index in [9.17, 15) is 55.9 Å². The number of aromatic hydroxyl groups is 2. The number of aliphatic hydroxyl groups is 8. The summed E-state index contributed by atoms with van der Waals surface area (Å²) in [6.45, 7) is -2.86. The zero-order valence-corrected chi connectivity index (χ0v) is 28.1. The summed E-state index contributed by atoms with van der Waals surface area (Å²) in [5.41, 5.74) is -3.10. The Morgan fingerprint density at radius 2 is 1.58 bits per heavy atom. The van der Waals surface area contributed by atoms with E-state index >= 15 is 0 Å². The van der Waals surface area contributed by atoms with Crippen LogP contribution < -0.4 is 19.6 Å². The van der Waals surface area contributed by atoms with Crippen molar-refractivity contribution in [2.75, 3.05) is 40.6 Å². The molecular weight excluding hydrogens is 716 g/mol. The lowest BCUT2D eigenvalue weighted by molar-refractivity contribution is -0.306. The highest BCUT2D eigenvalue weighted by Crippen LogP contribution is 2.41. The van der Waals surface area contributed by atoms with Crippen molar-refractivity contribution in [1.29, 1.82) is 0 Å². The predicted molar refractivity (Wildman–Crippen MR) is 172 cm³/mol. The SMILES string of the molecule is COc1cc(O)c2c(=O)c(O[C@H]3O[C@@H](CO[C@@H]4O[C@H](CO)[C@H](O)[C@H](O)[C@H]4O)[C@@H](O)[C@@H]3O[C@@H]3OC[C@@](O)(CO)[C@@H]3O)c(-c3ccc(O)c(OC)c3)oc2c1. The molecule has 0 bridgehead atoms. The Hall–Kier alpha value is -3.87. The van der Waals surface area contributed by atoms with Crippen LogP contribution in [0.15, 0.2) is 39.5 Å². The largest absolute Gasteiger partial charge is 0.507 e. The van der Waals surface area contributed by atoms with Crippen molar-refractivity contribution in [2.24, 2.45) is 0 Å². The van der Waals surface area contributed by atoms with Crippen LogP contribution in [0.1, 0.15) is 0 Å². The van der Waals surface area contributed by atoms with E-state index in [1.807, 2.05) is 0 Å². The predicted octanol–water partition coefficient (Wildman–Crippen LogP) is -3.00. The minimum atomic E-state index is -2.14. The molecule has 2 aromatic carbocycles. The molecule has 0 spiro atoms. The zero-order chi connectivity index (χ0) is 38.4. The van der Waals surface area contributed by atoms with Crippen molar-refractivity contribution >= 4 is 11.0 Å². The molecule has 3 saturated heterocycles. The third-order valence-electron chi connectivity index (χ3n) is 9.26. The van der Waals surface area contributed by atoms with Gasteiger partial charge in [-0.1, -0.05) is 0 Å². The Labute approximate surface area is 299 Å². The van der Waals surface area contributed by atoms with Crippen molar-refractivity contribution in [3.8, 4) is 40.1 Å². The van der Waals surface area contributed by atoms with E-state index in [2.05, 4.69) is 0 Å². The summed E-state index contributed by atoms with van der Waals surface area (Å²) < 4.78 is 50.6. The number of rotatable bonds is 12. The maximum atomic E-state index is 14.1. The summed E-state index contributed by atoms with van der Waals surface area (Å²) in [5.74, 6) is -1.57. The van der Waals surface area contributed by atoms with Crippen LogP contribution in [0.3, 0.4) is 0 Å². The lowest BCUT2D eigenvalue weighted by Crippen LogP contribution is -2.59. The van der Waals surface area contributed by atoms with Gasteiger partial charge >= 0.3 is 0 Å². The lowest BCUT2D eigenvalue weighted by atomic mass is 9.99. The third kappa shape index (κ3) is 7.22. The summed E-state index contributed by atoms with van der Waals surface area (Å²) in [7, 11) is 2.62. The molecule has 0 unspecified atom stereocenters. The molecule has 53 heavy (non-hydrogen) atoms. The van der Waals surface area contributed by atoms with Gasteiger partial charge in [-0.15, -0.1) is 0 Å². The van der Waals surface area contributed by atoms with Gasteiger partial charge in [-0.25, -0.2) is 0 Å². The number of methoxy groups -OCH3 is 2. The van der Waals surface area contributed by atoms with Crippen molar-refractivity contribution in [1.82, 2.24) is 0 Å². The maximum Gasteiger partial charge on any atom is 0.239 e. The molecule has 292 valence electrons. The first-order chi connectivity index (χ1) is 25.2. The Balaban J connectivity index is 1.38. The van der Waals surface area contributed by atoms with Gasteiger partial charge in [0.15, 0.2) is 35.9 Å². The highest BCUT2D eigenvalue weighted by molar-refractivity contribution is 5.88. The second-order valence-corrected chi connectivity index (χ2v) is 12.7. The molecule has 10 N–H and O–H groups in total. The van der Waals surface area contributed by atoms with E-state index in [0.717, 1.165) is 6.07 Å². The molecule has 0 amide bonds. The number of ether oxygens (including phenoxy) is 8. The molecule has 3 fully saturated rings. The molecule has 12 atom stereocenters. The van der Waals surface area contributed by atoms with Crippen LogP contribution >= 0.6 is 0 Å². The number of phenols is 2. The van der Waals surface area contributed by atoms with E-state index in [4.69, 9.17) is 42.3 Å². The summed E-state index contributed by atoms with van der Waals surface area (Å²) in [6, 6.07) is 6.42. The van der Waals surface area contributed by atoms with Gasteiger partial charge in [-0.3, -0.25) is 4.79 Å². The van der Waals surface area contributed by atoms with Crippen LogP contribution in [0.5, 0.6) is 28.7 Å².